The van der Waals surface area contributed by atoms with Crippen LogP contribution in [-0.2, 0) is 11.0 Å². The number of aliphatic hydroxyl groups is 1. The molecule has 4 rings (SSSR count). The number of carbonyl (C=O) groups excluding carboxylic acids is 3. The van der Waals surface area contributed by atoms with Gasteiger partial charge in [-0.05, 0) is 56.2 Å². The number of fused-ring (bicyclic) bond motifs is 1. The number of hydrogen-bond acceptors (Lipinski definition) is 5. The minimum absolute atomic E-state index is 0.0630. The number of benzene rings is 2. The van der Waals surface area contributed by atoms with Crippen molar-refractivity contribution in [1.29, 1.82) is 0 Å². The molecule has 2 aromatic carbocycles. The van der Waals surface area contributed by atoms with Gasteiger partial charge >= 0.3 is 12.2 Å². The van der Waals surface area contributed by atoms with Crippen LogP contribution in [0.4, 0.5) is 29.3 Å². The van der Waals surface area contributed by atoms with E-state index >= 15 is 0 Å². The fourth-order valence-corrected chi connectivity index (χ4v) is 5.47. The van der Waals surface area contributed by atoms with Crippen LogP contribution in [0.3, 0.4) is 0 Å². The van der Waals surface area contributed by atoms with Crippen molar-refractivity contribution < 1.29 is 37.4 Å². The van der Waals surface area contributed by atoms with Crippen LogP contribution in [0, 0.1) is 11.8 Å². The minimum Gasteiger partial charge on any atom is -0.485 e. The third kappa shape index (κ3) is 7.78. The van der Waals surface area contributed by atoms with Gasteiger partial charge in [0.15, 0.2) is 5.75 Å². The zero-order chi connectivity index (χ0) is 31.3. The van der Waals surface area contributed by atoms with Gasteiger partial charge < -0.3 is 30.3 Å². The number of urea groups is 1. The number of halogens is 3. The highest BCUT2D eigenvalue weighted by Crippen LogP contribution is 2.36. The summed E-state index contributed by atoms with van der Waals surface area (Å²) in [5, 5.41) is 15.5. The third-order valence-corrected chi connectivity index (χ3v) is 8.19. The average Bonchev–Trinajstić information content (AvgIpc) is 2.99. The maximum absolute atomic E-state index is 13.7. The summed E-state index contributed by atoms with van der Waals surface area (Å²) in [5.74, 6) is -0.725. The van der Waals surface area contributed by atoms with Gasteiger partial charge in [0.05, 0.1) is 36.0 Å². The number of amides is 4. The zero-order valence-electron chi connectivity index (χ0n) is 24.6. The highest BCUT2D eigenvalue weighted by molar-refractivity contribution is 6.02. The van der Waals surface area contributed by atoms with Crippen molar-refractivity contribution in [3.05, 3.63) is 53.6 Å². The largest absolute Gasteiger partial charge is 0.485 e. The van der Waals surface area contributed by atoms with Gasteiger partial charge in [0.1, 0.15) is 6.10 Å². The quantitative estimate of drug-likeness (QED) is 0.381. The molecule has 1 aliphatic heterocycles. The molecule has 2 aromatic rings. The number of hydrogen-bond donors (Lipinski definition) is 3. The molecule has 3 N–H and O–H groups in total. The summed E-state index contributed by atoms with van der Waals surface area (Å²) in [6.07, 6.45) is -0.485. The standard InChI is InChI=1S/C31H39F3N4O5/c1-19-16-38(20(2)18-39)29(41)24-10-7-11-25(36-28(40)21-8-5-4-6-9-21)27(24)43-26(19)17-37(3)30(42)35-23-14-12-22(13-15-23)31(32,33)34/h7,10-15,19-21,26,39H,4-6,8-9,16-18H2,1-3H3,(H,35,42)(H,36,40)/t19-,20+,26+/m0/s1. The van der Waals surface area contributed by atoms with Crippen LogP contribution in [0.1, 0.15) is 61.9 Å². The first-order valence-electron chi connectivity index (χ1n) is 14.6. The van der Waals surface area contributed by atoms with Crippen LogP contribution in [0.15, 0.2) is 42.5 Å². The molecule has 3 atom stereocenters. The number of carbonyl (C=O) groups is 3. The monoisotopic (exact) mass is 604 g/mol. The molecular weight excluding hydrogens is 565 g/mol. The van der Waals surface area contributed by atoms with E-state index in [1.54, 1.807) is 30.0 Å². The van der Waals surface area contributed by atoms with Crippen molar-refractivity contribution in [2.45, 2.75) is 64.3 Å². The number of ether oxygens (including phenoxy) is 1. The minimum atomic E-state index is -4.49. The highest BCUT2D eigenvalue weighted by Gasteiger charge is 2.36. The Morgan fingerprint density at radius 1 is 1.09 bits per heavy atom. The smallest absolute Gasteiger partial charge is 0.416 e. The third-order valence-electron chi connectivity index (χ3n) is 8.19. The molecule has 9 nitrogen and oxygen atoms in total. The van der Waals surface area contributed by atoms with Gasteiger partial charge in [-0.15, -0.1) is 0 Å². The van der Waals surface area contributed by atoms with E-state index in [-0.39, 0.29) is 60.3 Å². The van der Waals surface area contributed by atoms with Crippen LogP contribution in [0.25, 0.3) is 0 Å². The van der Waals surface area contributed by atoms with Crippen molar-refractivity contribution >= 4 is 29.2 Å². The van der Waals surface area contributed by atoms with Crippen LogP contribution in [0.2, 0.25) is 0 Å². The fraction of sp³-hybridized carbons (Fsp3) is 0.516. The van der Waals surface area contributed by atoms with E-state index < -0.39 is 29.9 Å². The first-order valence-corrected chi connectivity index (χ1v) is 14.6. The molecule has 0 aromatic heterocycles. The number of aliphatic hydroxyl groups excluding tert-OH is 1. The van der Waals surface area contributed by atoms with Gasteiger partial charge in [-0.2, -0.15) is 13.2 Å². The van der Waals surface area contributed by atoms with Crippen LogP contribution >= 0.6 is 0 Å². The normalized spacial score (nSPS) is 20.3. The van der Waals surface area contributed by atoms with Gasteiger partial charge in [0, 0.05) is 31.1 Å². The average molecular weight is 605 g/mol. The Hall–Kier alpha value is -3.80. The van der Waals surface area contributed by atoms with Crippen molar-refractivity contribution in [1.82, 2.24) is 9.80 Å². The van der Waals surface area contributed by atoms with Gasteiger partial charge in [0.25, 0.3) is 5.91 Å². The summed E-state index contributed by atoms with van der Waals surface area (Å²) in [5.41, 5.74) is -0.0376. The Balaban J connectivity index is 1.58. The van der Waals surface area contributed by atoms with Crippen molar-refractivity contribution in [2.24, 2.45) is 11.8 Å². The number of para-hydroxylation sites is 1. The lowest BCUT2D eigenvalue weighted by Gasteiger charge is -2.38. The SMILES string of the molecule is C[C@H](CO)N1C[C@H](C)[C@@H](CN(C)C(=O)Nc2ccc(C(F)(F)F)cc2)Oc2c(NC(=O)C3CCCCC3)cccc2C1=O. The number of nitrogens with one attached hydrogen (secondary N) is 2. The van der Waals surface area contributed by atoms with E-state index in [0.29, 0.717) is 5.69 Å². The van der Waals surface area contributed by atoms with E-state index in [1.165, 1.54) is 24.1 Å². The van der Waals surface area contributed by atoms with Crippen molar-refractivity contribution in [2.75, 3.05) is 37.4 Å². The molecule has 4 amide bonds. The van der Waals surface area contributed by atoms with E-state index in [0.717, 1.165) is 44.2 Å². The second kappa shape index (κ2) is 13.7. The Kier molecular flexibility index (Phi) is 10.2. The molecule has 0 unspecified atom stereocenters. The molecule has 0 bridgehead atoms. The van der Waals surface area contributed by atoms with Crippen LogP contribution in [-0.4, -0.2) is 71.6 Å². The first-order chi connectivity index (χ1) is 20.4. The molecule has 43 heavy (non-hydrogen) atoms. The molecule has 1 heterocycles. The van der Waals surface area contributed by atoms with Crippen LogP contribution in [0.5, 0.6) is 5.75 Å². The molecule has 0 saturated heterocycles. The first kappa shape index (κ1) is 32.1. The predicted octanol–water partition coefficient (Wildman–Crippen LogP) is 5.61. The lowest BCUT2D eigenvalue weighted by molar-refractivity contribution is -0.137. The number of anilines is 2. The molecule has 0 spiro atoms. The van der Waals surface area contributed by atoms with E-state index in [9.17, 15) is 32.7 Å². The number of nitrogens with zero attached hydrogens (tertiary/aromatic N) is 2. The van der Waals surface area contributed by atoms with Crippen LogP contribution < -0.4 is 15.4 Å². The Morgan fingerprint density at radius 2 is 1.77 bits per heavy atom. The van der Waals surface area contributed by atoms with Gasteiger partial charge in [-0.1, -0.05) is 32.3 Å². The molecule has 1 aliphatic carbocycles. The second-order valence-corrected chi connectivity index (χ2v) is 11.5. The molecule has 1 fully saturated rings. The molecule has 2 aliphatic rings. The Bertz CT molecular complexity index is 1300. The van der Waals surface area contributed by atoms with Crippen molar-refractivity contribution in [3.63, 3.8) is 0 Å². The molecule has 12 heteroatoms. The topological polar surface area (TPSA) is 111 Å². The van der Waals surface area contributed by atoms with E-state index in [1.807, 2.05) is 6.92 Å². The summed E-state index contributed by atoms with van der Waals surface area (Å²) in [7, 11) is 1.53. The van der Waals surface area contributed by atoms with Crippen molar-refractivity contribution in [3.8, 4) is 5.75 Å². The predicted molar refractivity (Wildman–Crippen MR) is 156 cm³/mol. The fourth-order valence-electron chi connectivity index (χ4n) is 5.47. The molecular formula is C31H39F3N4O5. The Labute approximate surface area is 249 Å². The summed E-state index contributed by atoms with van der Waals surface area (Å²) < 4.78 is 45.2. The van der Waals surface area contributed by atoms with E-state index in [2.05, 4.69) is 10.6 Å². The second-order valence-electron chi connectivity index (χ2n) is 11.5. The lowest BCUT2D eigenvalue weighted by atomic mass is 9.88. The summed E-state index contributed by atoms with van der Waals surface area (Å²) >= 11 is 0. The number of likely N-dealkylation sites (N-methyl/N-ethyl adjacent to an activating group) is 1. The van der Waals surface area contributed by atoms with Gasteiger partial charge in [-0.3, -0.25) is 9.59 Å². The molecule has 0 radical (unpaired) electrons. The maximum atomic E-state index is 13.7. The molecule has 234 valence electrons. The molecule has 1 saturated carbocycles. The summed E-state index contributed by atoms with van der Waals surface area (Å²) in [6, 6.07) is 8.04. The van der Waals surface area contributed by atoms with Gasteiger partial charge in [-0.25, -0.2) is 4.79 Å². The highest BCUT2D eigenvalue weighted by atomic mass is 19.4. The summed E-state index contributed by atoms with van der Waals surface area (Å²) in [6.45, 7) is 3.64. The summed E-state index contributed by atoms with van der Waals surface area (Å²) in [4.78, 5) is 42.8. The lowest BCUT2D eigenvalue weighted by Crippen LogP contribution is -2.50. The Morgan fingerprint density at radius 3 is 2.40 bits per heavy atom. The number of rotatable bonds is 7. The maximum Gasteiger partial charge on any atom is 0.416 e. The zero-order valence-corrected chi connectivity index (χ0v) is 24.6. The van der Waals surface area contributed by atoms with Gasteiger partial charge in [0.2, 0.25) is 5.91 Å². The van der Waals surface area contributed by atoms with E-state index in [4.69, 9.17) is 4.74 Å². The number of alkyl halides is 3.